The molecule has 144 valence electrons. The number of carbonyl (C=O) groups is 1. The molecule has 0 fully saturated rings. The molecule has 0 bridgehead atoms. The molecule has 3 aromatic carbocycles. The number of hydrogen-bond acceptors (Lipinski definition) is 3. The van der Waals surface area contributed by atoms with E-state index >= 15 is 0 Å². The molecule has 0 spiro atoms. The van der Waals surface area contributed by atoms with Crippen LogP contribution in [0.5, 0.6) is 5.75 Å². The van der Waals surface area contributed by atoms with Crippen LogP contribution in [-0.2, 0) is 6.42 Å². The Morgan fingerprint density at radius 2 is 1.62 bits per heavy atom. The van der Waals surface area contributed by atoms with Gasteiger partial charge < -0.3 is 4.74 Å². The highest BCUT2D eigenvalue weighted by molar-refractivity contribution is 6.16. The van der Waals surface area contributed by atoms with Crippen LogP contribution in [-0.4, -0.2) is 17.9 Å². The zero-order chi connectivity index (χ0) is 20.2. The molecule has 0 radical (unpaired) electrons. The molecule has 3 heteroatoms. The number of aromatic nitrogens is 1. The maximum Gasteiger partial charge on any atom is 0.165 e. The first-order valence-corrected chi connectivity index (χ1v) is 9.99. The van der Waals surface area contributed by atoms with E-state index in [1.807, 2.05) is 36.4 Å². The summed E-state index contributed by atoms with van der Waals surface area (Å²) in [4.78, 5) is 18.3. The second-order valence-electron chi connectivity index (χ2n) is 8.66. The quantitative estimate of drug-likeness (QED) is 0.387. The predicted octanol–water partition coefficient (Wildman–Crippen LogP) is 6.22. The first kappa shape index (κ1) is 17.9. The number of Topliss-reactive ketones (excluding diaryl/α,β-unsaturated/α-hetero) is 1. The minimum absolute atomic E-state index is 0.0769. The molecule has 0 aliphatic heterocycles. The summed E-state index contributed by atoms with van der Waals surface area (Å²) in [5.74, 6) is 0.989. The van der Waals surface area contributed by atoms with E-state index in [9.17, 15) is 4.79 Å². The van der Waals surface area contributed by atoms with Crippen LogP contribution in [0.25, 0.3) is 32.8 Å². The van der Waals surface area contributed by atoms with Gasteiger partial charge in [0.05, 0.1) is 18.3 Å². The number of pyridine rings is 1. The van der Waals surface area contributed by atoms with Gasteiger partial charge in [-0.15, -0.1) is 0 Å². The van der Waals surface area contributed by atoms with Gasteiger partial charge in [-0.2, -0.15) is 0 Å². The minimum atomic E-state index is -0.0769. The van der Waals surface area contributed by atoms with E-state index in [0.29, 0.717) is 6.42 Å². The van der Waals surface area contributed by atoms with E-state index in [1.165, 1.54) is 0 Å². The highest BCUT2D eigenvalue weighted by Gasteiger charge is 2.35. The Balaban J connectivity index is 1.91. The van der Waals surface area contributed by atoms with Crippen molar-refractivity contribution in [2.45, 2.75) is 26.7 Å². The van der Waals surface area contributed by atoms with Crippen LogP contribution < -0.4 is 4.74 Å². The van der Waals surface area contributed by atoms with Crippen molar-refractivity contribution in [3.8, 4) is 16.9 Å². The van der Waals surface area contributed by atoms with Gasteiger partial charge in [-0.05, 0) is 34.9 Å². The van der Waals surface area contributed by atoms with Gasteiger partial charge >= 0.3 is 0 Å². The number of ether oxygens (including phenoxy) is 1. The van der Waals surface area contributed by atoms with Gasteiger partial charge in [0.2, 0.25) is 0 Å². The van der Waals surface area contributed by atoms with Crippen molar-refractivity contribution in [2.24, 2.45) is 5.41 Å². The van der Waals surface area contributed by atoms with E-state index in [0.717, 1.165) is 56.2 Å². The molecule has 0 saturated heterocycles. The number of ketones is 1. The number of fused-ring (bicyclic) bond motifs is 4. The Kier molecular flexibility index (Phi) is 3.95. The molecule has 1 aromatic heterocycles. The fraction of sp³-hybridized carbons (Fsp3) is 0.231. The highest BCUT2D eigenvalue weighted by Crippen LogP contribution is 2.43. The van der Waals surface area contributed by atoms with Crippen LogP contribution in [0, 0.1) is 5.41 Å². The van der Waals surface area contributed by atoms with Gasteiger partial charge in [0, 0.05) is 28.3 Å². The summed E-state index contributed by atoms with van der Waals surface area (Å²) in [6.07, 6.45) is 1.35. The maximum absolute atomic E-state index is 13.3. The Labute approximate surface area is 170 Å². The lowest BCUT2D eigenvalue weighted by Crippen LogP contribution is -2.28. The Morgan fingerprint density at radius 3 is 2.38 bits per heavy atom. The Hall–Kier alpha value is -3.20. The first-order valence-electron chi connectivity index (χ1n) is 9.99. The largest absolute Gasteiger partial charge is 0.497 e. The van der Waals surface area contributed by atoms with Crippen molar-refractivity contribution in [2.75, 3.05) is 7.11 Å². The predicted molar refractivity (Wildman–Crippen MR) is 118 cm³/mol. The summed E-state index contributed by atoms with van der Waals surface area (Å²) in [7, 11) is 1.66. The SMILES string of the molecule is COc1ccc(-c2c3c(nc4c2ccc2ccccc24)CC(C)(C)CC3=O)cc1. The number of carbonyl (C=O) groups excluding carboxylic acids is 1. The first-order chi connectivity index (χ1) is 14.0. The van der Waals surface area contributed by atoms with Gasteiger partial charge in [-0.3, -0.25) is 9.78 Å². The summed E-state index contributed by atoms with van der Waals surface area (Å²) in [5.41, 5.74) is 4.63. The van der Waals surface area contributed by atoms with Crippen LogP contribution in [0.2, 0.25) is 0 Å². The topological polar surface area (TPSA) is 39.2 Å². The standard InChI is InChI=1S/C26H23NO2/c1-26(2)14-21-24(22(28)15-26)23(17-8-11-18(29-3)12-9-17)20-13-10-16-6-4-5-7-19(16)25(20)27-21/h4-13H,14-15H2,1-3H3. The summed E-state index contributed by atoms with van der Waals surface area (Å²) >= 11 is 0. The zero-order valence-corrected chi connectivity index (χ0v) is 17.0. The molecule has 3 nitrogen and oxygen atoms in total. The van der Waals surface area contributed by atoms with Crippen LogP contribution in [0.4, 0.5) is 0 Å². The molecule has 0 amide bonds. The fourth-order valence-corrected chi connectivity index (χ4v) is 4.57. The molecule has 1 heterocycles. The van der Waals surface area contributed by atoms with Crippen molar-refractivity contribution in [3.05, 3.63) is 71.9 Å². The third-order valence-corrected chi connectivity index (χ3v) is 5.90. The highest BCUT2D eigenvalue weighted by atomic mass is 16.5. The van der Waals surface area contributed by atoms with Crippen molar-refractivity contribution in [3.63, 3.8) is 0 Å². The lowest BCUT2D eigenvalue weighted by Gasteiger charge is -2.31. The van der Waals surface area contributed by atoms with E-state index in [2.05, 4.69) is 38.1 Å². The van der Waals surface area contributed by atoms with Gasteiger partial charge in [0.1, 0.15) is 5.75 Å². The number of nitrogens with zero attached hydrogens (tertiary/aromatic N) is 1. The molecule has 0 unspecified atom stereocenters. The van der Waals surface area contributed by atoms with Crippen molar-refractivity contribution < 1.29 is 9.53 Å². The van der Waals surface area contributed by atoms with Gasteiger partial charge in [-0.25, -0.2) is 0 Å². The molecular formula is C26H23NO2. The zero-order valence-electron chi connectivity index (χ0n) is 17.0. The number of rotatable bonds is 2. The molecule has 4 aromatic rings. The maximum atomic E-state index is 13.3. The molecule has 0 atom stereocenters. The number of hydrogen-bond donors (Lipinski definition) is 0. The molecule has 5 rings (SSSR count). The molecule has 1 aliphatic rings. The van der Waals surface area contributed by atoms with Crippen LogP contribution in [0.1, 0.15) is 36.3 Å². The van der Waals surface area contributed by atoms with Gasteiger partial charge in [-0.1, -0.05) is 62.4 Å². The third-order valence-electron chi connectivity index (χ3n) is 5.90. The fourth-order valence-electron chi connectivity index (χ4n) is 4.57. The summed E-state index contributed by atoms with van der Waals surface area (Å²) in [6.45, 7) is 4.30. The van der Waals surface area contributed by atoms with Gasteiger partial charge in [0.25, 0.3) is 0 Å². The average Bonchev–Trinajstić information content (AvgIpc) is 2.71. The summed E-state index contributed by atoms with van der Waals surface area (Å²) in [6, 6.07) is 20.5. The van der Waals surface area contributed by atoms with Crippen LogP contribution in [0.3, 0.4) is 0 Å². The molecule has 29 heavy (non-hydrogen) atoms. The normalized spacial score (nSPS) is 15.5. The van der Waals surface area contributed by atoms with Crippen LogP contribution >= 0.6 is 0 Å². The molecular weight excluding hydrogens is 358 g/mol. The Morgan fingerprint density at radius 1 is 0.862 bits per heavy atom. The monoisotopic (exact) mass is 381 g/mol. The third kappa shape index (κ3) is 2.89. The molecule has 0 N–H and O–H groups in total. The van der Waals surface area contributed by atoms with Crippen molar-refractivity contribution in [1.29, 1.82) is 0 Å². The van der Waals surface area contributed by atoms with Gasteiger partial charge in [0.15, 0.2) is 5.78 Å². The average molecular weight is 381 g/mol. The van der Waals surface area contributed by atoms with Crippen LogP contribution in [0.15, 0.2) is 60.7 Å². The van der Waals surface area contributed by atoms with E-state index in [1.54, 1.807) is 7.11 Å². The van der Waals surface area contributed by atoms with E-state index in [-0.39, 0.29) is 11.2 Å². The van der Waals surface area contributed by atoms with Crippen molar-refractivity contribution in [1.82, 2.24) is 4.98 Å². The minimum Gasteiger partial charge on any atom is -0.497 e. The smallest absolute Gasteiger partial charge is 0.165 e. The lowest BCUT2D eigenvalue weighted by molar-refractivity contribution is 0.0911. The van der Waals surface area contributed by atoms with Crippen molar-refractivity contribution >= 4 is 27.5 Å². The molecule has 0 saturated carbocycles. The number of methoxy groups -OCH3 is 1. The Bertz CT molecular complexity index is 1270. The van der Waals surface area contributed by atoms with E-state index in [4.69, 9.17) is 9.72 Å². The number of benzene rings is 3. The summed E-state index contributed by atoms with van der Waals surface area (Å²) < 4.78 is 5.33. The second kappa shape index (κ2) is 6.41. The summed E-state index contributed by atoms with van der Waals surface area (Å²) in [5, 5.41) is 3.31. The second-order valence-corrected chi connectivity index (χ2v) is 8.66. The lowest BCUT2D eigenvalue weighted by atomic mass is 9.73. The molecule has 1 aliphatic carbocycles. The van der Waals surface area contributed by atoms with E-state index < -0.39 is 0 Å².